The van der Waals surface area contributed by atoms with E-state index in [4.69, 9.17) is 20.8 Å². The van der Waals surface area contributed by atoms with Crippen molar-refractivity contribution >= 4 is 23.3 Å². The molecular formula is C27H28ClN3O3. The molecule has 0 aliphatic heterocycles. The summed E-state index contributed by atoms with van der Waals surface area (Å²) in [6.45, 7) is 9.03. The molecule has 4 rings (SSSR count). The van der Waals surface area contributed by atoms with E-state index < -0.39 is 0 Å². The van der Waals surface area contributed by atoms with Crippen LogP contribution in [0.15, 0.2) is 65.2 Å². The lowest BCUT2D eigenvalue weighted by molar-refractivity contribution is 0.0992. The number of hydrogen-bond donors (Lipinski definition) is 1. The molecular weight excluding hydrogens is 450 g/mol. The number of anilines is 1. The van der Waals surface area contributed by atoms with Gasteiger partial charge < -0.3 is 14.5 Å². The summed E-state index contributed by atoms with van der Waals surface area (Å²) in [6.07, 6.45) is 1.84. The van der Waals surface area contributed by atoms with Crippen LogP contribution in [0.1, 0.15) is 58.3 Å². The lowest BCUT2D eigenvalue weighted by Crippen LogP contribution is -2.12. The molecule has 0 aliphatic carbocycles. The quantitative estimate of drug-likeness (QED) is 0.304. The number of halogens is 1. The van der Waals surface area contributed by atoms with Gasteiger partial charge in [0.1, 0.15) is 18.1 Å². The number of carbonyl (C=O) groups excluding carboxylic acids is 1. The molecule has 176 valence electrons. The molecule has 0 saturated heterocycles. The molecule has 7 heteroatoms. The van der Waals surface area contributed by atoms with E-state index in [0.717, 1.165) is 16.9 Å². The van der Waals surface area contributed by atoms with Crippen LogP contribution >= 0.6 is 11.6 Å². The Morgan fingerprint density at radius 3 is 2.68 bits per heavy atom. The number of aromatic nitrogens is 2. The van der Waals surface area contributed by atoms with Gasteiger partial charge in [0.05, 0.1) is 6.54 Å². The van der Waals surface area contributed by atoms with Crippen molar-refractivity contribution in [1.29, 1.82) is 0 Å². The average Bonchev–Trinajstić information content (AvgIpc) is 3.45. The molecule has 0 fully saturated rings. The van der Waals surface area contributed by atoms with Gasteiger partial charge >= 0.3 is 0 Å². The number of aryl methyl sites for hydroxylation is 2. The van der Waals surface area contributed by atoms with Crippen molar-refractivity contribution in [3.8, 4) is 5.75 Å². The largest absolute Gasteiger partial charge is 0.485 e. The molecule has 0 unspecified atom stereocenters. The third-order valence-corrected chi connectivity index (χ3v) is 6.05. The zero-order valence-electron chi connectivity index (χ0n) is 19.8. The Morgan fingerprint density at radius 2 is 1.91 bits per heavy atom. The van der Waals surface area contributed by atoms with Crippen molar-refractivity contribution in [2.24, 2.45) is 0 Å². The smallest absolute Gasteiger partial charge is 0.292 e. The standard InChI is InChI=1S/C27H28ClN3O3/c1-17(2)22-14-23(28)19(4)13-25(22)33-16-21-9-10-24(34-21)27(32)29-26-11-12-31(30-26)15-20-8-6-5-7-18(20)3/h5-14,17H,15-16H2,1-4H3,(H,29,30,32). The number of benzene rings is 2. The summed E-state index contributed by atoms with van der Waals surface area (Å²) in [5.41, 5.74) is 4.35. The Balaban J connectivity index is 1.38. The Kier molecular flexibility index (Phi) is 7.08. The van der Waals surface area contributed by atoms with E-state index in [1.165, 1.54) is 11.1 Å². The van der Waals surface area contributed by atoms with Gasteiger partial charge in [-0.15, -0.1) is 0 Å². The topological polar surface area (TPSA) is 69.3 Å². The van der Waals surface area contributed by atoms with Crippen molar-refractivity contribution in [1.82, 2.24) is 9.78 Å². The van der Waals surface area contributed by atoms with Crippen LogP contribution in [0.3, 0.4) is 0 Å². The fourth-order valence-corrected chi connectivity index (χ4v) is 3.80. The van der Waals surface area contributed by atoms with Crippen LogP contribution in [0, 0.1) is 13.8 Å². The van der Waals surface area contributed by atoms with Gasteiger partial charge in [0.25, 0.3) is 5.91 Å². The molecule has 1 amide bonds. The second kappa shape index (κ2) is 10.2. The Labute approximate surface area is 204 Å². The molecule has 0 aliphatic rings. The molecule has 0 spiro atoms. The van der Waals surface area contributed by atoms with Gasteiger partial charge in [0, 0.05) is 17.3 Å². The van der Waals surface area contributed by atoms with Gasteiger partial charge in [-0.25, -0.2) is 0 Å². The van der Waals surface area contributed by atoms with E-state index in [-0.39, 0.29) is 24.2 Å². The van der Waals surface area contributed by atoms with Crippen LogP contribution in [0.2, 0.25) is 5.02 Å². The van der Waals surface area contributed by atoms with Gasteiger partial charge in [0.15, 0.2) is 11.6 Å². The highest BCUT2D eigenvalue weighted by atomic mass is 35.5. The van der Waals surface area contributed by atoms with Crippen molar-refractivity contribution in [3.63, 3.8) is 0 Å². The number of amides is 1. The first-order valence-electron chi connectivity index (χ1n) is 11.2. The highest BCUT2D eigenvalue weighted by molar-refractivity contribution is 6.31. The van der Waals surface area contributed by atoms with E-state index in [1.54, 1.807) is 22.9 Å². The number of ether oxygens (including phenoxy) is 1. The predicted octanol–water partition coefficient (Wildman–Crippen LogP) is 6.75. The van der Waals surface area contributed by atoms with Gasteiger partial charge in [-0.1, -0.05) is 49.7 Å². The molecule has 0 atom stereocenters. The molecule has 4 aromatic rings. The third-order valence-electron chi connectivity index (χ3n) is 5.64. The van der Waals surface area contributed by atoms with Crippen LogP contribution in [-0.2, 0) is 13.2 Å². The van der Waals surface area contributed by atoms with E-state index in [0.29, 0.717) is 23.1 Å². The number of carbonyl (C=O) groups is 1. The van der Waals surface area contributed by atoms with Crippen LogP contribution in [0.25, 0.3) is 0 Å². The Morgan fingerprint density at radius 1 is 1.12 bits per heavy atom. The fourth-order valence-electron chi connectivity index (χ4n) is 3.63. The van der Waals surface area contributed by atoms with Crippen molar-refractivity contribution in [2.45, 2.75) is 46.8 Å². The highest BCUT2D eigenvalue weighted by Gasteiger charge is 2.15. The fraction of sp³-hybridized carbons (Fsp3) is 0.259. The molecule has 2 aromatic carbocycles. The molecule has 2 aromatic heterocycles. The van der Waals surface area contributed by atoms with Crippen LogP contribution in [-0.4, -0.2) is 15.7 Å². The summed E-state index contributed by atoms with van der Waals surface area (Å²) in [6, 6.07) is 17.2. The summed E-state index contributed by atoms with van der Waals surface area (Å²) in [7, 11) is 0. The maximum absolute atomic E-state index is 12.6. The minimum atomic E-state index is -0.363. The zero-order chi connectivity index (χ0) is 24.2. The highest BCUT2D eigenvalue weighted by Crippen LogP contribution is 2.32. The summed E-state index contributed by atoms with van der Waals surface area (Å²) in [4.78, 5) is 12.6. The first kappa shape index (κ1) is 23.6. The number of rotatable bonds is 8. The van der Waals surface area contributed by atoms with Gasteiger partial charge in [-0.2, -0.15) is 5.10 Å². The Hall–Kier alpha value is -3.51. The molecule has 0 radical (unpaired) electrons. The van der Waals surface area contributed by atoms with Gasteiger partial charge in [0.2, 0.25) is 0 Å². The van der Waals surface area contributed by atoms with Crippen LogP contribution in [0.4, 0.5) is 5.82 Å². The summed E-state index contributed by atoms with van der Waals surface area (Å²) < 4.78 is 13.5. The predicted molar refractivity (Wildman–Crippen MR) is 134 cm³/mol. The van der Waals surface area contributed by atoms with E-state index in [1.807, 2.05) is 37.4 Å². The van der Waals surface area contributed by atoms with Gasteiger partial charge in [-0.05, 0) is 66.3 Å². The van der Waals surface area contributed by atoms with E-state index >= 15 is 0 Å². The average molecular weight is 478 g/mol. The number of nitrogens with one attached hydrogen (secondary N) is 1. The monoisotopic (exact) mass is 477 g/mol. The minimum absolute atomic E-state index is 0.198. The third kappa shape index (κ3) is 5.51. The molecule has 0 saturated carbocycles. The Bertz CT molecular complexity index is 1310. The number of furan rings is 1. The lowest BCUT2D eigenvalue weighted by atomic mass is 10.0. The maximum atomic E-state index is 12.6. The molecule has 0 bridgehead atoms. The summed E-state index contributed by atoms with van der Waals surface area (Å²) in [5, 5.41) is 7.94. The molecule has 2 heterocycles. The number of nitrogens with zero attached hydrogens (tertiary/aromatic N) is 2. The van der Waals surface area contributed by atoms with Crippen LogP contribution < -0.4 is 10.1 Å². The summed E-state index contributed by atoms with van der Waals surface area (Å²) >= 11 is 6.28. The molecule has 6 nitrogen and oxygen atoms in total. The van der Waals surface area contributed by atoms with Gasteiger partial charge in [-0.3, -0.25) is 9.48 Å². The van der Waals surface area contributed by atoms with Crippen molar-refractivity contribution in [2.75, 3.05) is 5.32 Å². The SMILES string of the molecule is Cc1cc(OCc2ccc(C(=O)Nc3ccn(Cc4ccccc4C)n3)o2)c(C(C)C)cc1Cl. The first-order chi connectivity index (χ1) is 16.3. The minimum Gasteiger partial charge on any atom is -0.485 e. The van der Waals surface area contributed by atoms with Crippen molar-refractivity contribution in [3.05, 3.63) is 99.6 Å². The summed E-state index contributed by atoms with van der Waals surface area (Å²) in [5.74, 6) is 1.87. The van der Waals surface area contributed by atoms with E-state index in [2.05, 4.69) is 43.3 Å². The first-order valence-corrected chi connectivity index (χ1v) is 11.6. The van der Waals surface area contributed by atoms with E-state index in [9.17, 15) is 4.79 Å². The maximum Gasteiger partial charge on any atom is 0.292 e. The van der Waals surface area contributed by atoms with Crippen molar-refractivity contribution < 1.29 is 13.9 Å². The molecule has 34 heavy (non-hydrogen) atoms. The zero-order valence-corrected chi connectivity index (χ0v) is 20.5. The lowest BCUT2D eigenvalue weighted by Gasteiger charge is -2.15. The normalized spacial score (nSPS) is 11.1. The second-order valence-electron chi connectivity index (χ2n) is 8.63. The van der Waals surface area contributed by atoms with Crippen LogP contribution in [0.5, 0.6) is 5.75 Å². The number of hydrogen-bond acceptors (Lipinski definition) is 4. The molecule has 1 N–H and O–H groups in total. The second-order valence-corrected chi connectivity index (χ2v) is 9.03.